The average Bonchev–Trinajstić information content (AvgIpc) is 2.98. The van der Waals surface area contributed by atoms with E-state index in [1.807, 2.05) is 0 Å². The molecule has 0 radical (unpaired) electrons. The van der Waals surface area contributed by atoms with E-state index in [1.165, 1.54) is 35.5 Å². The predicted octanol–water partition coefficient (Wildman–Crippen LogP) is -0.531. The van der Waals surface area contributed by atoms with E-state index in [1.54, 1.807) is 4.90 Å². The summed E-state index contributed by atoms with van der Waals surface area (Å²) in [6.45, 7) is 2.05. The van der Waals surface area contributed by atoms with Crippen molar-refractivity contribution >= 4 is 16.1 Å². The summed E-state index contributed by atoms with van der Waals surface area (Å²) in [5.41, 5.74) is 0. The van der Waals surface area contributed by atoms with Crippen LogP contribution in [0.2, 0.25) is 0 Å². The van der Waals surface area contributed by atoms with Crippen molar-refractivity contribution in [3.05, 3.63) is 0 Å². The van der Waals surface area contributed by atoms with Crippen molar-refractivity contribution in [3.8, 4) is 0 Å². The molecule has 7 nitrogen and oxygen atoms in total. The number of nitrogens with zero attached hydrogens (tertiary/aromatic N) is 3. The number of carbonyl (C=O) groups excluding carboxylic acids is 1. The van der Waals surface area contributed by atoms with Crippen LogP contribution in [0.1, 0.15) is 25.7 Å². The molecule has 1 heterocycles. The fourth-order valence-corrected chi connectivity index (χ4v) is 3.96. The predicted molar refractivity (Wildman–Crippen MR) is 81.0 cm³/mol. The van der Waals surface area contributed by atoms with Crippen LogP contribution in [0.15, 0.2) is 0 Å². The zero-order valence-corrected chi connectivity index (χ0v) is 13.7. The van der Waals surface area contributed by atoms with Gasteiger partial charge in [-0.2, -0.15) is 17.0 Å². The lowest BCUT2D eigenvalue weighted by molar-refractivity contribution is -0.131. The van der Waals surface area contributed by atoms with E-state index < -0.39 is 10.2 Å². The third-order valence-corrected chi connectivity index (χ3v) is 6.22. The Balaban J connectivity index is 1.76. The highest BCUT2D eigenvalue weighted by molar-refractivity contribution is 7.86. The molecule has 1 aliphatic carbocycles. The van der Waals surface area contributed by atoms with Crippen molar-refractivity contribution < 1.29 is 13.2 Å². The van der Waals surface area contributed by atoms with Crippen molar-refractivity contribution in [3.63, 3.8) is 0 Å². The Kier molecular flexibility index (Phi) is 5.59. The number of rotatable bonds is 5. The first-order valence-corrected chi connectivity index (χ1v) is 8.99. The Morgan fingerprint density at radius 1 is 1.14 bits per heavy atom. The van der Waals surface area contributed by atoms with Gasteiger partial charge in [0, 0.05) is 46.3 Å². The summed E-state index contributed by atoms with van der Waals surface area (Å²) >= 11 is 0. The van der Waals surface area contributed by atoms with Crippen molar-refractivity contribution in [2.75, 3.05) is 46.8 Å². The van der Waals surface area contributed by atoms with Crippen LogP contribution in [-0.2, 0) is 15.0 Å². The van der Waals surface area contributed by atoms with Gasteiger partial charge >= 0.3 is 0 Å². The molecule has 2 aliphatic rings. The summed E-state index contributed by atoms with van der Waals surface area (Å²) in [4.78, 5) is 13.9. The van der Waals surface area contributed by atoms with Gasteiger partial charge < -0.3 is 10.2 Å². The van der Waals surface area contributed by atoms with Crippen LogP contribution < -0.4 is 5.32 Å². The molecule has 2 rings (SSSR count). The maximum Gasteiger partial charge on any atom is 0.281 e. The van der Waals surface area contributed by atoms with Gasteiger partial charge in [0.15, 0.2) is 0 Å². The smallest absolute Gasteiger partial charge is 0.281 e. The van der Waals surface area contributed by atoms with Gasteiger partial charge in [-0.05, 0) is 12.8 Å². The van der Waals surface area contributed by atoms with Crippen molar-refractivity contribution in [2.45, 2.75) is 31.7 Å². The largest absolute Gasteiger partial charge is 0.339 e. The molecule has 0 spiro atoms. The monoisotopic (exact) mass is 318 g/mol. The third-order valence-electron chi connectivity index (χ3n) is 4.28. The summed E-state index contributed by atoms with van der Waals surface area (Å²) in [5.74, 6) is 0.0730. The molecule has 1 aliphatic heterocycles. The Labute approximate surface area is 127 Å². The molecule has 0 atom stereocenters. The maximum absolute atomic E-state index is 12.1. The molecular formula is C13H26N4O3S. The highest BCUT2D eigenvalue weighted by atomic mass is 32.2. The summed E-state index contributed by atoms with van der Waals surface area (Å²) in [6.07, 6.45) is 4.80. The van der Waals surface area contributed by atoms with E-state index in [-0.39, 0.29) is 5.91 Å². The van der Waals surface area contributed by atoms with E-state index in [0.717, 1.165) is 12.8 Å². The van der Waals surface area contributed by atoms with Gasteiger partial charge in [-0.1, -0.05) is 12.8 Å². The molecule has 8 heteroatoms. The second-order valence-corrected chi connectivity index (χ2v) is 8.07. The SMILES string of the molecule is CN(C)S(=O)(=O)N1CCN(C(=O)CNC2CCCC2)CC1. The van der Waals surface area contributed by atoms with Crippen molar-refractivity contribution in [2.24, 2.45) is 0 Å². The van der Waals surface area contributed by atoms with E-state index >= 15 is 0 Å². The van der Waals surface area contributed by atoms with E-state index in [4.69, 9.17) is 0 Å². The van der Waals surface area contributed by atoms with E-state index in [0.29, 0.717) is 38.8 Å². The molecule has 1 N–H and O–H groups in total. The maximum atomic E-state index is 12.1. The van der Waals surface area contributed by atoms with Gasteiger partial charge in [-0.3, -0.25) is 4.79 Å². The number of hydrogen-bond acceptors (Lipinski definition) is 4. The van der Waals surface area contributed by atoms with Gasteiger partial charge in [0.25, 0.3) is 10.2 Å². The lowest BCUT2D eigenvalue weighted by Crippen LogP contribution is -2.54. The quantitative estimate of drug-likeness (QED) is 0.739. The van der Waals surface area contributed by atoms with Gasteiger partial charge in [0.05, 0.1) is 6.54 Å². The third kappa shape index (κ3) is 4.15. The molecule has 2 fully saturated rings. The number of amides is 1. The Bertz CT molecular complexity index is 452. The molecule has 0 aromatic carbocycles. The van der Waals surface area contributed by atoms with Crippen LogP contribution in [0.25, 0.3) is 0 Å². The van der Waals surface area contributed by atoms with Gasteiger partial charge in [0.2, 0.25) is 5.91 Å². The summed E-state index contributed by atoms with van der Waals surface area (Å²) in [6, 6.07) is 0.476. The van der Waals surface area contributed by atoms with Gasteiger partial charge in [-0.15, -0.1) is 0 Å². The number of piperazine rings is 1. The normalized spacial score (nSPS) is 22.1. The Morgan fingerprint density at radius 2 is 1.71 bits per heavy atom. The zero-order chi connectivity index (χ0) is 15.5. The van der Waals surface area contributed by atoms with Crippen LogP contribution in [0.4, 0.5) is 0 Å². The van der Waals surface area contributed by atoms with Gasteiger partial charge in [-0.25, -0.2) is 0 Å². The minimum atomic E-state index is -3.36. The minimum absolute atomic E-state index is 0.0730. The van der Waals surface area contributed by atoms with Crippen LogP contribution in [0, 0.1) is 0 Å². The molecule has 0 bridgehead atoms. The summed E-state index contributed by atoms with van der Waals surface area (Å²) in [7, 11) is -0.309. The van der Waals surface area contributed by atoms with Gasteiger partial charge in [0.1, 0.15) is 0 Å². The van der Waals surface area contributed by atoms with Crippen LogP contribution in [-0.4, -0.2) is 80.7 Å². The zero-order valence-electron chi connectivity index (χ0n) is 12.9. The van der Waals surface area contributed by atoms with Crippen LogP contribution in [0.3, 0.4) is 0 Å². The van der Waals surface area contributed by atoms with Crippen LogP contribution in [0.5, 0.6) is 0 Å². The molecular weight excluding hydrogens is 292 g/mol. The Hall–Kier alpha value is -0.700. The first kappa shape index (κ1) is 16.7. The first-order chi connectivity index (χ1) is 9.91. The fraction of sp³-hybridized carbons (Fsp3) is 0.923. The lowest BCUT2D eigenvalue weighted by atomic mass is 10.2. The highest BCUT2D eigenvalue weighted by Gasteiger charge is 2.30. The van der Waals surface area contributed by atoms with Crippen molar-refractivity contribution in [1.29, 1.82) is 0 Å². The molecule has 122 valence electrons. The topological polar surface area (TPSA) is 73.0 Å². The number of hydrogen-bond donors (Lipinski definition) is 1. The summed E-state index contributed by atoms with van der Waals surface area (Å²) < 4.78 is 26.6. The molecule has 0 aromatic heterocycles. The van der Waals surface area contributed by atoms with Crippen LogP contribution >= 0.6 is 0 Å². The molecule has 1 saturated heterocycles. The lowest BCUT2D eigenvalue weighted by Gasteiger charge is -2.35. The second-order valence-electron chi connectivity index (χ2n) is 5.93. The molecule has 21 heavy (non-hydrogen) atoms. The van der Waals surface area contributed by atoms with Crippen molar-refractivity contribution in [1.82, 2.24) is 18.8 Å². The number of nitrogens with one attached hydrogen (secondary N) is 1. The van der Waals surface area contributed by atoms with E-state index in [2.05, 4.69) is 5.32 Å². The molecule has 0 unspecified atom stereocenters. The average molecular weight is 318 g/mol. The minimum Gasteiger partial charge on any atom is -0.339 e. The highest BCUT2D eigenvalue weighted by Crippen LogP contribution is 2.17. The standard InChI is InChI=1S/C13H26N4O3S/c1-15(2)21(19,20)17-9-7-16(8-10-17)13(18)11-14-12-5-3-4-6-12/h12,14H,3-11H2,1-2H3. The molecule has 1 saturated carbocycles. The second kappa shape index (κ2) is 7.04. The molecule has 1 amide bonds. The fourth-order valence-electron chi connectivity index (χ4n) is 2.87. The number of carbonyl (C=O) groups is 1. The first-order valence-electron chi connectivity index (χ1n) is 7.60. The summed E-state index contributed by atoms with van der Waals surface area (Å²) in [5, 5.41) is 3.31. The molecule has 0 aromatic rings. The Morgan fingerprint density at radius 3 is 2.24 bits per heavy atom. The van der Waals surface area contributed by atoms with E-state index in [9.17, 15) is 13.2 Å².